The largest absolute Gasteiger partial charge is 0.325 e. The van der Waals surface area contributed by atoms with E-state index in [4.69, 9.17) is 0 Å². The van der Waals surface area contributed by atoms with E-state index in [1.54, 1.807) is 30.5 Å². The Morgan fingerprint density at radius 3 is 2.64 bits per heavy atom. The molecule has 1 N–H and O–H groups in total. The van der Waals surface area contributed by atoms with Gasteiger partial charge in [0.15, 0.2) is 0 Å². The van der Waals surface area contributed by atoms with Gasteiger partial charge in [0.2, 0.25) is 5.91 Å². The minimum atomic E-state index is -0.375. The normalized spacial score (nSPS) is 13.1. The van der Waals surface area contributed by atoms with E-state index in [1.165, 1.54) is 11.8 Å². The van der Waals surface area contributed by atoms with Gasteiger partial charge in [-0.2, -0.15) is 0 Å². The molecule has 2 heterocycles. The standard InChI is InChI=1S/C17H14BrN3O3S/c1-25-15-5-3-11(9-19-15)20-14(22)6-7-21-16(23)12-4-2-10(18)8-13(12)17(21)24/h2-5,8-9H,6-7H2,1H3,(H,20,22). The molecule has 0 radical (unpaired) electrons. The number of hydrogen-bond donors (Lipinski definition) is 1. The molecule has 128 valence electrons. The SMILES string of the molecule is CSc1ccc(NC(=O)CCN2C(=O)c3ccc(Br)cc3C2=O)cn1. The number of hydrogen-bond acceptors (Lipinski definition) is 5. The van der Waals surface area contributed by atoms with Crippen molar-refractivity contribution in [3.8, 4) is 0 Å². The zero-order valence-corrected chi connectivity index (χ0v) is 15.7. The van der Waals surface area contributed by atoms with Crippen LogP contribution in [-0.4, -0.2) is 40.4 Å². The number of halogens is 1. The minimum Gasteiger partial charge on any atom is -0.325 e. The van der Waals surface area contributed by atoms with Gasteiger partial charge in [-0.1, -0.05) is 15.9 Å². The van der Waals surface area contributed by atoms with Crippen LogP contribution in [-0.2, 0) is 4.79 Å². The number of benzene rings is 1. The first-order chi connectivity index (χ1) is 12.0. The van der Waals surface area contributed by atoms with E-state index >= 15 is 0 Å². The van der Waals surface area contributed by atoms with Gasteiger partial charge in [-0.15, -0.1) is 11.8 Å². The molecule has 0 saturated heterocycles. The number of nitrogens with zero attached hydrogens (tertiary/aromatic N) is 2. The molecule has 3 rings (SSSR count). The molecule has 0 unspecified atom stereocenters. The molecule has 25 heavy (non-hydrogen) atoms. The molecule has 1 aromatic heterocycles. The van der Waals surface area contributed by atoms with Gasteiger partial charge in [-0.3, -0.25) is 19.3 Å². The summed E-state index contributed by atoms with van der Waals surface area (Å²) in [5.41, 5.74) is 1.30. The average molecular weight is 420 g/mol. The molecule has 2 aromatic rings. The van der Waals surface area contributed by atoms with Crippen LogP contribution in [0.25, 0.3) is 0 Å². The highest BCUT2D eigenvalue weighted by Crippen LogP contribution is 2.26. The zero-order valence-electron chi connectivity index (χ0n) is 13.3. The highest BCUT2D eigenvalue weighted by atomic mass is 79.9. The summed E-state index contributed by atoms with van der Waals surface area (Å²) in [6.45, 7) is 0.0339. The summed E-state index contributed by atoms with van der Waals surface area (Å²) in [6.07, 6.45) is 3.52. The summed E-state index contributed by atoms with van der Waals surface area (Å²) in [6, 6.07) is 8.51. The molecular formula is C17H14BrN3O3S. The summed E-state index contributed by atoms with van der Waals surface area (Å²) in [4.78, 5) is 42.0. The second-order valence-electron chi connectivity index (χ2n) is 5.34. The molecule has 0 aliphatic carbocycles. The number of fused-ring (bicyclic) bond motifs is 1. The number of aromatic nitrogens is 1. The van der Waals surface area contributed by atoms with Crippen LogP contribution in [0.2, 0.25) is 0 Å². The number of anilines is 1. The van der Waals surface area contributed by atoms with E-state index in [-0.39, 0.29) is 30.7 Å². The van der Waals surface area contributed by atoms with Crippen LogP contribution in [0.4, 0.5) is 5.69 Å². The highest BCUT2D eigenvalue weighted by molar-refractivity contribution is 9.10. The van der Waals surface area contributed by atoms with Crippen molar-refractivity contribution in [2.75, 3.05) is 18.1 Å². The van der Waals surface area contributed by atoms with Gasteiger partial charge in [0.05, 0.1) is 28.0 Å². The van der Waals surface area contributed by atoms with Crippen LogP contribution in [0.3, 0.4) is 0 Å². The van der Waals surface area contributed by atoms with Crippen molar-refractivity contribution in [1.82, 2.24) is 9.88 Å². The molecule has 3 amide bonds. The van der Waals surface area contributed by atoms with Gasteiger partial charge in [0.25, 0.3) is 11.8 Å². The Morgan fingerprint density at radius 2 is 1.96 bits per heavy atom. The molecule has 0 spiro atoms. The van der Waals surface area contributed by atoms with Crippen molar-refractivity contribution in [2.45, 2.75) is 11.4 Å². The van der Waals surface area contributed by atoms with Gasteiger partial charge in [0, 0.05) is 17.4 Å². The van der Waals surface area contributed by atoms with Crippen LogP contribution in [0.1, 0.15) is 27.1 Å². The summed E-state index contributed by atoms with van der Waals surface area (Å²) < 4.78 is 0.730. The number of nitrogens with one attached hydrogen (secondary N) is 1. The zero-order chi connectivity index (χ0) is 18.0. The number of carbonyl (C=O) groups excluding carboxylic acids is 3. The van der Waals surface area contributed by atoms with Crippen LogP contribution in [0, 0.1) is 0 Å². The Bertz CT molecular complexity index is 855. The molecule has 1 aromatic carbocycles. The fourth-order valence-electron chi connectivity index (χ4n) is 2.48. The Morgan fingerprint density at radius 1 is 1.20 bits per heavy atom. The van der Waals surface area contributed by atoms with E-state index in [2.05, 4.69) is 26.2 Å². The number of thioether (sulfide) groups is 1. The van der Waals surface area contributed by atoms with Gasteiger partial charge < -0.3 is 5.32 Å². The van der Waals surface area contributed by atoms with Crippen molar-refractivity contribution in [2.24, 2.45) is 0 Å². The third kappa shape index (κ3) is 3.74. The first-order valence-corrected chi connectivity index (χ1v) is 9.47. The number of rotatable bonds is 5. The molecular weight excluding hydrogens is 406 g/mol. The monoisotopic (exact) mass is 419 g/mol. The third-order valence-electron chi connectivity index (χ3n) is 3.72. The lowest BCUT2D eigenvalue weighted by Crippen LogP contribution is -2.32. The smallest absolute Gasteiger partial charge is 0.261 e. The molecule has 0 atom stereocenters. The van der Waals surface area contributed by atoms with Gasteiger partial charge >= 0.3 is 0 Å². The number of carbonyl (C=O) groups is 3. The van der Waals surface area contributed by atoms with Crippen molar-refractivity contribution >= 4 is 51.1 Å². The first kappa shape index (κ1) is 17.6. The Balaban J connectivity index is 1.61. The van der Waals surface area contributed by atoms with Crippen molar-refractivity contribution in [3.63, 3.8) is 0 Å². The molecule has 0 saturated carbocycles. The average Bonchev–Trinajstić information content (AvgIpc) is 2.84. The summed E-state index contributed by atoms with van der Waals surface area (Å²) >= 11 is 4.80. The lowest BCUT2D eigenvalue weighted by Gasteiger charge is -2.13. The molecule has 8 heteroatoms. The summed E-state index contributed by atoms with van der Waals surface area (Å²) in [7, 11) is 0. The maximum atomic E-state index is 12.3. The first-order valence-electron chi connectivity index (χ1n) is 7.45. The second kappa shape index (κ2) is 7.37. The topological polar surface area (TPSA) is 79.4 Å². The lowest BCUT2D eigenvalue weighted by molar-refractivity contribution is -0.116. The van der Waals surface area contributed by atoms with Gasteiger partial charge in [0.1, 0.15) is 0 Å². The summed E-state index contributed by atoms with van der Waals surface area (Å²) in [5.74, 6) is -1.03. The van der Waals surface area contributed by atoms with E-state index in [9.17, 15) is 14.4 Å². The molecule has 1 aliphatic heterocycles. The third-order valence-corrected chi connectivity index (χ3v) is 4.88. The van der Waals surface area contributed by atoms with Gasteiger partial charge in [-0.05, 0) is 36.6 Å². The Hall–Kier alpha value is -2.19. The van der Waals surface area contributed by atoms with Crippen LogP contribution in [0.15, 0.2) is 46.0 Å². The molecule has 1 aliphatic rings. The highest BCUT2D eigenvalue weighted by Gasteiger charge is 2.35. The van der Waals surface area contributed by atoms with E-state index in [1.807, 2.05) is 12.3 Å². The Labute approximate surface area is 157 Å². The molecule has 0 fully saturated rings. The number of pyridine rings is 1. The van der Waals surface area contributed by atoms with Crippen LogP contribution in [0.5, 0.6) is 0 Å². The predicted octanol–water partition coefficient (Wildman–Crippen LogP) is 3.19. The Kier molecular flexibility index (Phi) is 5.19. The molecule has 0 bridgehead atoms. The lowest BCUT2D eigenvalue weighted by atomic mass is 10.1. The maximum Gasteiger partial charge on any atom is 0.261 e. The second-order valence-corrected chi connectivity index (χ2v) is 7.08. The predicted molar refractivity (Wildman–Crippen MR) is 98.8 cm³/mol. The fraction of sp³-hybridized carbons (Fsp3) is 0.176. The maximum absolute atomic E-state index is 12.3. The van der Waals surface area contributed by atoms with Crippen molar-refractivity contribution in [3.05, 3.63) is 52.1 Å². The van der Waals surface area contributed by atoms with Crippen molar-refractivity contribution in [1.29, 1.82) is 0 Å². The summed E-state index contributed by atoms with van der Waals surface area (Å²) in [5, 5.41) is 3.57. The minimum absolute atomic E-state index is 0.0247. The molecule has 6 nitrogen and oxygen atoms in total. The number of amides is 3. The van der Waals surface area contributed by atoms with E-state index in [0.717, 1.165) is 14.4 Å². The van der Waals surface area contributed by atoms with Crippen LogP contribution >= 0.6 is 27.7 Å². The van der Waals surface area contributed by atoms with Gasteiger partial charge in [-0.25, -0.2) is 4.98 Å². The van der Waals surface area contributed by atoms with Crippen LogP contribution < -0.4 is 5.32 Å². The van der Waals surface area contributed by atoms with Crippen molar-refractivity contribution < 1.29 is 14.4 Å². The fourth-order valence-corrected chi connectivity index (χ4v) is 3.20. The quantitative estimate of drug-likeness (QED) is 0.594. The van der Waals surface area contributed by atoms with E-state index in [0.29, 0.717) is 16.8 Å². The number of imide groups is 1. The van der Waals surface area contributed by atoms with E-state index < -0.39 is 0 Å².